The number of nitrogens with one attached hydrogen (secondary N) is 1. The van der Waals surface area contributed by atoms with Crippen molar-refractivity contribution in [3.63, 3.8) is 0 Å². The molecule has 1 aliphatic rings. The van der Waals surface area contributed by atoms with Gasteiger partial charge in [0.2, 0.25) is 0 Å². The maximum absolute atomic E-state index is 12.9. The molecule has 1 fully saturated rings. The summed E-state index contributed by atoms with van der Waals surface area (Å²) in [6.45, 7) is 2.13. The summed E-state index contributed by atoms with van der Waals surface area (Å²) < 4.78 is 5.31. The van der Waals surface area contributed by atoms with Gasteiger partial charge in [-0.2, -0.15) is 0 Å². The lowest BCUT2D eigenvalue weighted by molar-refractivity contribution is 0.0742. The highest BCUT2D eigenvalue weighted by molar-refractivity contribution is 5.96. The Bertz CT molecular complexity index is 1300. The van der Waals surface area contributed by atoms with E-state index in [1.54, 1.807) is 29.3 Å². The minimum Gasteiger partial charge on any atom is -0.422 e. The van der Waals surface area contributed by atoms with Crippen LogP contribution in [0.4, 0.5) is 17.5 Å². The van der Waals surface area contributed by atoms with Gasteiger partial charge in [0, 0.05) is 37.8 Å². The summed E-state index contributed by atoms with van der Waals surface area (Å²) in [5.74, 6) is 1.71. The molecule has 9 nitrogen and oxygen atoms in total. The van der Waals surface area contributed by atoms with Crippen LogP contribution < -0.4 is 15.8 Å². The fourth-order valence-electron chi connectivity index (χ4n) is 3.65. The SMILES string of the molecule is O=C(c1cc2ccccc2oc1=O)N1CCN(c2ccc(Nc3ccccn3)nn2)CC1. The zero-order valence-corrected chi connectivity index (χ0v) is 17.1. The molecule has 1 aliphatic heterocycles. The number of anilines is 3. The van der Waals surface area contributed by atoms with Gasteiger partial charge in [-0.1, -0.05) is 24.3 Å². The molecule has 5 rings (SSSR count). The Kier molecular flexibility index (Phi) is 5.20. The van der Waals surface area contributed by atoms with Crippen LogP contribution in [0.15, 0.2) is 76.1 Å². The van der Waals surface area contributed by atoms with Crippen LogP contribution in [0.5, 0.6) is 0 Å². The lowest BCUT2D eigenvalue weighted by Crippen LogP contribution is -2.49. The first kappa shape index (κ1) is 19.7. The lowest BCUT2D eigenvalue weighted by atomic mass is 10.1. The number of fused-ring (bicyclic) bond motifs is 1. The first-order chi connectivity index (χ1) is 15.7. The minimum atomic E-state index is -0.613. The number of hydrogen-bond acceptors (Lipinski definition) is 8. The highest BCUT2D eigenvalue weighted by Crippen LogP contribution is 2.18. The van der Waals surface area contributed by atoms with E-state index in [1.807, 2.05) is 42.5 Å². The number of benzene rings is 1. The van der Waals surface area contributed by atoms with Crippen molar-refractivity contribution in [3.05, 3.63) is 82.8 Å². The average molecular weight is 428 g/mol. The number of amides is 1. The van der Waals surface area contributed by atoms with Crippen molar-refractivity contribution in [3.8, 4) is 0 Å². The molecule has 1 saturated heterocycles. The van der Waals surface area contributed by atoms with Gasteiger partial charge in [0.05, 0.1) is 0 Å². The fourth-order valence-corrected chi connectivity index (χ4v) is 3.65. The average Bonchev–Trinajstić information content (AvgIpc) is 2.84. The second-order valence-corrected chi connectivity index (χ2v) is 7.38. The Morgan fingerprint density at radius 2 is 1.72 bits per heavy atom. The summed E-state index contributed by atoms with van der Waals surface area (Å²) in [7, 11) is 0. The molecule has 1 N–H and O–H groups in total. The van der Waals surface area contributed by atoms with Crippen molar-refractivity contribution in [2.45, 2.75) is 0 Å². The van der Waals surface area contributed by atoms with Crippen LogP contribution in [0, 0.1) is 0 Å². The standard InChI is InChI=1S/C23H20N6O3/c30-22(17-15-16-5-1-2-6-18(16)32-23(17)31)29-13-11-28(12-14-29)21-9-8-20(26-27-21)25-19-7-3-4-10-24-19/h1-10,15H,11-14H2,(H,24,25,26). The molecule has 3 aromatic heterocycles. The van der Waals surface area contributed by atoms with Gasteiger partial charge in [-0.3, -0.25) is 4.79 Å². The lowest BCUT2D eigenvalue weighted by Gasteiger charge is -2.35. The van der Waals surface area contributed by atoms with Gasteiger partial charge in [0.1, 0.15) is 17.0 Å². The smallest absolute Gasteiger partial charge is 0.349 e. The second-order valence-electron chi connectivity index (χ2n) is 7.38. The Labute approximate surface area is 183 Å². The fraction of sp³-hybridized carbons (Fsp3) is 0.174. The molecule has 160 valence electrons. The van der Waals surface area contributed by atoms with Crippen molar-refractivity contribution in [1.82, 2.24) is 20.1 Å². The van der Waals surface area contributed by atoms with Gasteiger partial charge in [-0.25, -0.2) is 9.78 Å². The molecule has 1 aromatic carbocycles. The zero-order chi connectivity index (χ0) is 21.9. The van der Waals surface area contributed by atoms with Crippen molar-refractivity contribution < 1.29 is 9.21 Å². The number of carbonyl (C=O) groups is 1. The summed E-state index contributed by atoms with van der Waals surface area (Å²) in [6, 6.07) is 18.1. The third kappa shape index (κ3) is 4.00. The van der Waals surface area contributed by atoms with E-state index in [-0.39, 0.29) is 11.5 Å². The van der Waals surface area contributed by atoms with E-state index in [0.717, 1.165) is 11.2 Å². The summed E-state index contributed by atoms with van der Waals surface area (Å²) in [6.07, 6.45) is 1.70. The molecular weight excluding hydrogens is 408 g/mol. The van der Waals surface area contributed by atoms with E-state index in [2.05, 4.69) is 25.4 Å². The molecule has 9 heteroatoms. The van der Waals surface area contributed by atoms with E-state index in [4.69, 9.17) is 4.42 Å². The molecule has 0 aliphatic carbocycles. The maximum Gasteiger partial charge on any atom is 0.349 e. The first-order valence-corrected chi connectivity index (χ1v) is 10.3. The van der Waals surface area contributed by atoms with E-state index in [0.29, 0.717) is 43.4 Å². The molecule has 0 radical (unpaired) electrons. The topological polar surface area (TPSA) is 104 Å². The molecule has 0 atom stereocenters. The maximum atomic E-state index is 12.9. The third-order valence-electron chi connectivity index (χ3n) is 5.33. The van der Waals surface area contributed by atoms with Crippen molar-refractivity contribution in [2.75, 3.05) is 36.4 Å². The number of rotatable bonds is 4. The Balaban J connectivity index is 1.24. The van der Waals surface area contributed by atoms with E-state index in [1.165, 1.54) is 0 Å². The number of nitrogens with zero attached hydrogens (tertiary/aromatic N) is 5. The second kappa shape index (κ2) is 8.46. The summed E-state index contributed by atoms with van der Waals surface area (Å²) in [5.41, 5.74) is -0.0849. The molecule has 4 aromatic rings. The monoisotopic (exact) mass is 428 g/mol. The summed E-state index contributed by atoms with van der Waals surface area (Å²) in [5, 5.41) is 12.3. The largest absolute Gasteiger partial charge is 0.422 e. The zero-order valence-electron chi connectivity index (χ0n) is 17.1. The number of carbonyl (C=O) groups excluding carboxylic acids is 1. The third-order valence-corrected chi connectivity index (χ3v) is 5.33. The van der Waals surface area contributed by atoms with Crippen LogP contribution in [0.3, 0.4) is 0 Å². The van der Waals surface area contributed by atoms with Gasteiger partial charge in [-0.15, -0.1) is 10.2 Å². The normalized spacial score (nSPS) is 13.9. The summed E-state index contributed by atoms with van der Waals surface area (Å²) >= 11 is 0. The van der Waals surface area contributed by atoms with Crippen LogP contribution in [0.25, 0.3) is 11.0 Å². The van der Waals surface area contributed by atoms with Crippen LogP contribution >= 0.6 is 0 Å². The van der Waals surface area contributed by atoms with Crippen molar-refractivity contribution in [1.29, 1.82) is 0 Å². The predicted octanol–water partition coefficient (Wildman–Crippen LogP) is 2.68. The Hall–Kier alpha value is -4.27. The van der Waals surface area contributed by atoms with E-state index in [9.17, 15) is 9.59 Å². The van der Waals surface area contributed by atoms with E-state index < -0.39 is 5.63 Å². The van der Waals surface area contributed by atoms with Crippen LogP contribution in [-0.2, 0) is 0 Å². The number of para-hydroxylation sites is 1. The quantitative estimate of drug-likeness (QED) is 0.495. The number of aromatic nitrogens is 3. The Morgan fingerprint density at radius 1 is 0.906 bits per heavy atom. The van der Waals surface area contributed by atoms with Gasteiger partial charge < -0.3 is 19.5 Å². The van der Waals surface area contributed by atoms with E-state index >= 15 is 0 Å². The predicted molar refractivity (Wildman–Crippen MR) is 120 cm³/mol. The molecule has 0 saturated carbocycles. The van der Waals surface area contributed by atoms with Crippen LogP contribution in [0.2, 0.25) is 0 Å². The first-order valence-electron chi connectivity index (χ1n) is 10.3. The molecule has 0 spiro atoms. The Morgan fingerprint density at radius 3 is 2.47 bits per heavy atom. The van der Waals surface area contributed by atoms with Crippen molar-refractivity contribution >= 4 is 34.3 Å². The highest BCUT2D eigenvalue weighted by Gasteiger charge is 2.25. The number of pyridine rings is 1. The molecule has 0 bridgehead atoms. The van der Waals surface area contributed by atoms with Gasteiger partial charge in [0.15, 0.2) is 11.6 Å². The minimum absolute atomic E-state index is 0.0573. The molecule has 4 heterocycles. The molecule has 0 unspecified atom stereocenters. The van der Waals surface area contributed by atoms with Crippen molar-refractivity contribution in [2.24, 2.45) is 0 Å². The number of piperazine rings is 1. The highest BCUT2D eigenvalue weighted by atomic mass is 16.4. The van der Waals surface area contributed by atoms with Crippen LogP contribution in [0.1, 0.15) is 10.4 Å². The van der Waals surface area contributed by atoms with Crippen LogP contribution in [-0.4, -0.2) is 52.2 Å². The molecule has 32 heavy (non-hydrogen) atoms. The van der Waals surface area contributed by atoms with Gasteiger partial charge >= 0.3 is 5.63 Å². The molecule has 1 amide bonds. The van der Waals surface area contributed by atoms with Gasteiger partial charge in [0.25, 0.3) is 5.91 Å². The molecular formula is C23H20N6O3. The summed E-state index contributed by atoms with van der Waals surface area (Å²) in [4.78, 5) is 33.2. The number of hydrogen-bond donors (Lipinski definition) is 1. The van der Waals surface area contributed by atoms with Gasteiger partial charge in [-0.05, 0) is 36.4 Å².